The molecule has 1 amide bonds. The van der Waals surface area contributed by atoms with Crippen LogP contribution in [0, 0.1) is 0 Å². The van der Waals surface area contributed by atoms with Crippen molar-refractivity contribution in [3.63, 3.8) is 0 Å². The van der Waals surface area contributed by atoms with Crippen LogP contribution < -0.4 is 19.7 Å². The Bertz CT molecular complexity index is 1120. The molecule has 1 aromatic carbocycles. The van der Waals surface area contributed by atoms with Crippen molar-refractivity contribution >= 4 is 29.2 Å². The van der Waals surface area contributed by atoms with E-state index in [4.69, 9.17) is 14.5 Å². The minimum Gasteiger partial charge on any atom is -0.497 e. The van der Waals surface area contributed by atoms with E-state index in [-0.39, 0.29) is 5.91 Å². The van der Waals surface area contributed by atoms with Gasteiger partial charge in [0.25, 0.3) is 5.91 Å². The Hall–Kier alpha value is -3.30. The van der Waals surface area contributed by atoms with Crippen LogP contribution in [0.15, 0.2) is 59.9 Å². The van der Waals surface area contributed by atoms with Gasteiger partial charge < -0.3 is 24.6 Å². The number of pyridine rings is 2. The molecular weight excluding hydrogens is 450 g/mol. The Balaban J connectivity index is 1.60. The molecule has 1 N–H and O–H groups in total. The molecule has 3 aromatic rings. The standard InChI is InChI=1S/C25H29N5O3S/c1-29-12-14-30(15-13-29)23-7-6-21(24(31)27-19-8-10-26-11-9-19)25(28-23)34-17-18-4-5-20(32-2)16-22(18)33-3/h4-11,16H,12-15,17H2,1-3H3,(H,26,27,31). The maximum atomic E-state index is 13.1. The fourth-order valence-corrected chi connectivity index (χ4v) is 4.68. The fourth-order valence-electron chi connectivity index (χ4n) is 3.68. The SMILES string of the molecule is COc1ccc(CSc2nc(N3CCN(C)CC3)ccc2C(=O)Nc2ccncc2)c(OC)c1. The predicted octanol–water partition coefficient (Wildman–Crippen LogP) is 3.79. The largest absolute Gasteiger partial charge is 0.497 e. The molecule has 1 fully saturated rings. The number of carbonyl (C=O) groups excluding carboxylic acids is 1. The number of hydrogen-bond acceptors (Lipinski definition) is 8. The van der Waals surface area contributed by atoms with E-state index in [1.165, 1.54) is 11.8 Å². The van der Waals surface area contributed by atoms with Crippen molar-refractivity contribution in [3.05, 3.63) is 66.0 Å². The van der Waals surface area contributed by atoms with E-state index in [1.54, 1.807) is 38.7 Å². The van der Waals surface area contributed by atoms with E-state index in [9.17, 15) is 4.79 Å². The number of ether oxygens (including phenoxy) is 2. The van der Waals surface area contributed by atoms with Crippen LogP contribution in [-0.2, 0) is 5.75 Å². The minimum atomic E-state index is -0.201. The van der Waals surface area contributed by atoms with Crippen molar-refractivity contribution in [1.29, 1.82) is 0 Å². The third-order valence-electron chi connectivity index (χ3n) is 5.71. The first-order valence-corrected chi connectivity index (χ1v) is 12.1. The summed E-state index contributed by atoms with van der Waals surface area (Å²) in [5, 5.41) is 3.63. The number of benzene rings is 1. The summed E-state index contributed by atoms with van der Waals surface area (Å²) in [7, 11) is 5.40. The molecule has 0 atom stereocenters. The first kappa shape index (κ1) is 23.8. The number of amides is 1. The zero-order chi connectivity index (χ0) is 23.9. The molecular formula is C25H29N5O3S. The number of methoxy groups -OCH3 is 2. The maximum absolute atomic E-state index is 13.1. The molecule has 0 unspecified atom stereocenters. The molecule has 1 aliphatic heterocycles. The summed E-state index contributed by atoms with van der Waals surface area (Å²) in [4.78, 5) is 26.6. The second-order valence-electron chi connectivity index (χ2n) is 7.97. The lowest BCUT2D eigenvalue weighted by atomic mass is 10.2. The van der Waals surface area contributed by atoms with Crippen LogP contribution in [0.5, 0.6) is 11.5 Å². The van der Waals surface area contributed by atoms with Crippen molar-refractivity contribution in [2.75, 3.05) is 57.7 Å². The Labute approximate surface area is 204 Å². The van der Waals surface area contributed by atoms with Gasteiger partial charge in [0.05, 0.1) is 19.8 Å². The highest BCUT2D eigenvalue weighted by molar-refractivity contribution is 7.98. The van der Waals surface area contributed by atoms with Crippen LogP contribution in [0.4, 0.5) is 11.5 Å². The van der Waals surface area contributed by atoms with Crippen LogP contribution in [-0.4, -0.2) is 68.2 Å². The quantitative estimate of drug-likeness (QED) is 0.489. The van der Waals surface area contributed by atoms with Gasteiger partial charge in [0, 0.05) is 61.6 Å². The molecule has 9 heteroatoms. The first-order chi connectivity index (χ1) is 16.6. The number of nitrogens with zero attached hydrogens (tertiary/aromatic N) is 4. The first-order valence-electron chi connectivity index (χ1n) is 11.1. The van der Waals surface area contributed by atoms with Gasteiger partial charge in [0.15, 0.2) is 0 Å². The Morgan fingerprint density at radius 2 is 1.79 bits per heavy atom. The molecule has 0 radical (unpaired) electrons. The summed E-state index contributed by atoms with van der Waals surface area (Å²) >= 11 is 1.52. The van der Waals surface area contributed by atoms with Crippen molar-refractivity contribution < 1.29 is 14.3 Å². The molecule has 178 valence electrons. The lowest BCUT2D eigenvalue weighted by molar-refractivity contribution is 0.102. The number of nitrogens with one attached hydrogen (secondary N) is 1. The average molecular weight is 480 g/mol. The topological polar surface area (TPSA) is 79.8 Å². The third-order valence-corrected chi connectivity index (χ3v) is 6.75. The van der Waals surface area contributed by atoms with Gasteiger partial charge in [-0.2, -0.15) is 0 Å². The van der Waals surface area contributed by atoms with Crippen LogP contribution in [0.3, 0.4) is 0 Å². The lowest BCUT2D eigenvalue weighted by Gasteiger charge is -2.33. The van der Waals surface area contributed by atoms with Gasteiger partial charge in [0.1, 0.15) is 22.3 Å². The Morgan fingerprint density at radius 3 is 2.50 bits per heavy atom. The minimum absolute atomic E-state index is 0.201. The zero-order valence-corrected chi connectivity index (χ0v) is 20.5. The second-order valence-corrected chi connectivity index (χ2v) is 8.93. The van der Waals surface area contributed by atoms with Gasteiger partial charge in [0.2, 0.25) is 0 Å². The van der Waals surface area contributed by atoms with Crippen LogP contribution in [0.25, 0.3) is 0 Å². The van der Waals surface area contributed by atoms with E-state index in [0.717, 1.165) is 49.1 Å². The molecule has 4 rings (SSSR count). The Morgan fingerprint density at radius 1 is 1.03 bits per heavy atom. The molecule has 0 aliphatic carbocycles. The van der Waals surface area contributed by atoms with Gasteiger partial charge in [-0.3, -0.25) is 9.78 Å². The summed E-state index contributed by atoms with van der Waals surface area (Å²) in [6, 6.07) is 13.1. The van der Waals surface area contributed by atoms with Gasteiger partial charge >= 0.3 is 0 Å². The fraction of sp³-hybridized carbons (Fsp3) is 0.320. The summed E-state index contributed by atoms with van der Waals surface area (Å²) < 4.78 is 10.9. The van der Waals surface area contributed by atoms with E-state index >= 15 is 0 Å². The summed E-state index contributed by atoms with van der Waals surface area (Å²) in [5.74, 6) is 2.76. The molecule has 0 spiro atoms. The Kier molecular flexibility index (Phi) is 7.87. The monoisotopic (exact) mass is 479 g/mol. The van der Waals surface area contributed by atoms with Gasteiger partial charge in [-0.05, 0) is 37.4 Å². The van der Waals surface area contributed by atoms with Crippen molar-refractivity contribution in [3.8, 4) is 11.5 Å². The number of aromatic nitrogens is 2. The molecule has 3 heterocycles. The van der Waals surface area contributed by atoms with Gasteiger partial charge in [-0.15, -0.1) is 11.8 Å². The van der Waals surface area contributed by atoms with E-state index in [1.807, 2.05) is 30.3 Å². The molecule has 34 heavy (non-hydrogen) atoms. The third kappa shape index (κ3) is 5.78. The summed E-state index contributed by atoms with van der Waals surface area (Å²) in [6.45, 7) is 3.78. The number of hydrogen-bond donors (Lipinski definition) is 1. The normalized spacial score (nSPS) is 14.0. The highest BCUT2D eigenvalue weighted by atomic mass is 32.2. The van der Waals surface area contributed by atoms with E-state index in [0.29, 0.717) is 22.0 Å². The van der Waals surface area contributed by atoms with E-state index < -0.39 is 0 Å². The maximum Gasteiger partial charge on any atom is 0.258 e. The summed E-state index contributed by atoms with van der Waals surface area (Å²) in [5.41, 5.74) is 2.23. The van der Waals surface area contributed by atoms with Crippen molar-refractivity contribution in [2.45, 2.75) is 10.8 Å². The summed E-state index contributed by atoms with van der Waals surface area (Å²) in [6.07, 6.45) is 3.30. The second kappa shape index (κ2) is 11.2. The zero-order valence-electron chi connectivity index (χ0n) is 19.7. The smallest absolute Gasteiger partial charge is 0.258 e. The van der Waals surface area contributed by atoms with Crippen LogP contribution >= 0.6 is 11.8 Å². The van der Waals surface area contributed by atoms with E-state index in [2.05, 4.69) is 27.1 Å². The molecule has 0 saturated carbocycles. The number of anilines is 2. The number of carbonyl (C=O) groups is 1. The number of likely N-dealkylation sites (N-methyl/N-ethyl adjacent to an activating group) is 1. The molecule has 1 aliphatic rings. The molecule has 1 saturated heterocycles. The number of thioether (sulfide) groups is 1. The lowest BCUT2D eigenvalue weighted by Crippen LogP contribution is -2.44. The van der Waals surface area contributed by atoms with Crippen molar-refractivity contribution in [1.82, 2.24) is 14.9 Å². The average Bonchev–Trinajstić information content (AvgIpc) is 2.88. The highest BCUT2D eigenvalue weighted by Crippen LogP contribution is 2.33. The van der Waals surface area contributed by atoms with Gasteiger partial charge in [-0.1, -0.05) is 6.07 Å². The molecule has 8 nitrogen and oxygen atoms in total. The number of piperazine rings is 1. The van der Waals surface area contributed by atoms with Gasteiger partial charge in [-0.25, -0.2) is 4.98 Å². The highest BCUT2D eigenvalue weighted by Gasteiger charge is 2.20. The van der Waals surface area contributed by atoms with Crippen LogP contribution in [0.2, 0.25) is 0 Å². The van der Waals surface area contributed by atoms with Crippen LogP contribution in [0.1, 0.15) is 15.9 Å². The molecule has 0 bridgehead atoms. The predicted molar refractivity (Wildman–Crippen MR) is 135 cm³/mol. The van der Waals surface area contributed by atoms with Crippen molar-refractivity contribution in [2.24, 2.45) is 0 Å². The number of rotatable bonds is 8. The molecule has 2 aromatic heterocycles.